The maximum Gasteiger partial charge on any atom is 0.230 e. The van der Waals surface area contributed by atoms with Crippen LogP contribution in [0.15, 0.2) is 23.4 Å². The Bertz CT molecular complexity index is 779. The highest BCUT2D eigenvalue weighted by molar-refractivity contribution is 7.99. The number of carbonyl (C=O) groups excluding carboxylic acids is 1. The Morgan fingerprint density at radius 1 is 1.26 bits per heavy atom. The highest BCUT2D eigenvalue weighted by Gasteiger charge is 2.20. The Morgan fingerprint density at radius 2 is 1.93 bits per heavy atom. The molecule has 1 aromatic heterocycles. The zero-order valence-corrected chi connectivity index (χ0v) is 17.3. The zero-order valence-electron chi connectivity index (χ0n) is 16.5. The van der Waals surface area contributed by atoms with Gasteiger partial charge in [-0.15, -0.1) is 10.2 Å². The summed E-state index contributed by atoms with van der Waals surface area (Å²) in [5.41, 5.74) is 2.33. The normalized spacial score (nSPS) is 15.7. The molecule has 1 atom stereocenters. The summed E-state index contributed by atoms with van der Waals surface area (Å²) in [5.74, 6) is 1.99. The van der Waals surface area contributed by atoms with E-state index in [0.717, 1.165) is 29.6 Å². The zero-order chi connectivity index (χ0) is 19.4. The van der Waals surface area contributed by atoms with Gasteiger partial charge in [-0.1, -0.05) is 30.7 Å². The molecule has 1 N–H and O–H groups in total. The van der Waals surface area contributed by atoms with Crippen LogP contribution in [0.3, 0.4) is 0 Å². The average Bonchev–Trinajstić information content (AvgIpc) is 3.21. The van der Waals surface area contributed by atoms with Gasteiger partial charge in [-0.3, -0.25) is 4.79 Å². The average molecular weight is 389 g/mol. The molecule has 6 nitrogen and oxygen atoms in total. The van der Waals surface area contributed by atoms with Crippen molar-refractivity contribution in [2.24, 2.45) is 7.05 Å². The summed E-state index contributed by atoms with van der Waals surface area (Å²) in [4.78, 5) is 12.1. The van der Waals surface area contributed by atoms with E-state index in [1.165, 1.54) is 35.7 Å². The Morgan fingerprint density at radius 3 is 2.59 bits per heavy atom. The Labute approximate surface area is 165 Å². The van der Waals surface area contributed by atoms with Gasteiger partial charge in [0.25, 0.3) is 0 Å². The maximum atomic E-state index is 12.1. The van der Waals surface area contributed by atoms with Crippen molar-refractivity contribution in [3.8, 4) is 5.75 Å². The molecule has 0 aliphatic heterocycles. The fourth-order valence-electron chi connectivity index (χ4n) is 3.53. The molecule has 1 heterocycles. The van der Waals surface area contributed by atoms with Crippen molar-refractivity contribution in [1.29, 1.82) is 0 Å². The number of carbonyl (C=O) groups is 1. The van der Waals surface area contributed by atoms with Crippen molar-refractivity contribution < 1.29 is 9.53 Å². The summed E-state index contributed by atoms with van der Waals surface area (Å²) in [6, 6.07) is 6.50. The van der Waals surface area contributed by atoms with Crippen molar-refractivity contribution >= 4 is 17.7 Å². The molecule has 7 heteroatoms. The lowest BCUT2D eigenvalue weighted by Gasteiger charge is -2.15. The Hall–Kier alpha value is -2.02. The van der Waals surface area contributed by atoms with E-state index < -0.39 is 0 Å². The smallest absolute Gasteiger partial charge is 0.230 e. The number of ether oxygens (including phenoxy) is 1. The third-order valence-electron chi connectivity index (χ3n) is 4.79. The molecule has 1 aliphatic rings. The quantitative estimate of drug-likeness (QED) is 0.732. The molecule has 2 aromatic rings. The van der Waals surface area contributed by atoms with E-state index in [1.807, 2.05) is 30.7 Å². The third-order valence-corrected chi connectivity index (χ3v) is 5.81. The first-order valence-corrected chi connectivity index (χ1v) is 10.5. The minimum atomic E-state index is -0.231. The molecule has 1 unspecified atom stereocenters. The third kappa shape index (κ3) is 5.25. The fourth-order valence-corrected chi connectivity index (χ4v) is 4.26. The molecule has 0 spiro atoms. The van der Waals surface area contributed by atoms with Gasteiger partial charge in [0.15, 0.2) is 17.1 Å². The predicted octanol–water partition coefficient (Wildman–Crippen LogP) is 3.72. The van der Waals surface area contributed by atoms with Crippen LogP contribution >= 0.6 is 11.8 Å². The molecule has 146 valence electrons. The summed E-state index contributed by atoms with van der Waals surface area (Å²) in [5, 5.41) is 12.3. The molecule has 1 aromatic carbocycles. The molecule has 1 aliphatic carbocycles. The van der Waals surface area contributed by atoms with E-state index in [9.17, 15) is 4.79 Å². The van der Waals surface area contributed by atoms with Crippen LogP contribution in [0.25, 0.3) is 0 Å². The minimum Gasteiger partial charge on any atom is -0.483 e. The molecule has 1 saturated carbocycles. The van der Waals surface area contributed by atoms with Crippen molar-refractivity contribution in [3.63, 3.8) is 0 Å². The maximum absolute atomic E-state index is 12.1. The van der Waals surface area contributed by atoms with E-state index in [4.69, 9.17) is 4.74 Å². The standard InChI is InChI=1S/C20H28N4O2S/c1-13-9-14(2)11-17(10-13)26-15(3)19-22-23-20(24(19)4)27-12-18(25)21-16-7-5-6-8-16/h9-11,15-16H,5-8,12H2,1-4H3,(H,21,25). The minimum absolute atomic E-state index is 0.0657. The van der Waals surface area contributed by atoms with Crippen molar-refractivity contribution in [2.45, 2.75) is 63.8 Å². The van der Waals surface area contributed by atoms with E-state index in [-0.39, 0.29) is 12.0 Å². The van der Waals surface area contributed by atoms with Gasteiger partial charge in [0, 0.05) is 13.1 Å². The predicted molar refractivity (Wildman–Crippen MR) is 107 cm³/mol. The molecule has 0 radical (unpaired) electrons. The molecule has 27 heavy (non-hydrogen) atoms. The van der Waals surface area contributed by atoms with Crippen molar-refractivity contribution in [3.05, 3.63) is 35.2 Å². The fraction of sp³-hybridized carbons (Fsp3) is 0.550. The number of aryl methyl sites for hydroxylation is 2. The SMILES string of the molecule is Cc1cc(C)cc(OC(C)c2nnc(SCC(=O)NC3CCCC3)n2C)c1. The Kier molecular flexibility index (Phi) is 6.42. The van der Waals surface area contributed by atoms with E-state index in [0.29, 0.717) is 11.8 Å². The summed E-state index contributed by atoms with van der Waals surface area (Å²) in [6.45, 7) is 6.07. The number of hydrogen-bond donors (Lipinski definition) is 1. The van der Waals surface area contributed by atoms with Gasteiger partial charge in [-0.2, -0.15) is 0 Å². The number of benzene rings is 1. The second-order valence-corrected chi connectivity index (χ2v) is 8.26. The number of nitrogens with one attached hydrogen (secondary N) is 1. The number of hydrogen-bond acceptors (Lipinski definition) is 5. The number of rotatable bonds is 7. The van der Waals surface area contributed by atoms with E-state index in [2.05, 4.69) is 35.4 Å². The monoisotopic (exact) mass is 388 g/mol. The highest BCUT2D eigenvalue weighted by atomic mass is 32.2. The second-order valence-electron chi connectivity index (χ2n) is 7.32. The van der Waals surface area contributed by atoms with Crippen LogP contribution in [0.2, 0.25) is 0 Å². The van der Waals surface area contributed by atoms with Crippen LogP contribution in [0.4, 0.5) is 0 Å². The topological polar surface area (TPSA) is 69.0 Å². The number of aromatic nitrogens is 3. The summed E-state index contributed by atoms with van der Waals surface area (Å²) < 4.78 is 7.96. The van der Waals surface area contributed by atoms with Crippen LogP contribution < -0.4 is 10.1 Å². The van der Waals surface area contributed by atoms with Crippen LogP contribution in [0.5, 0.6) is 5.75 Å². The van der Waals surface area contributed by atoms with Gasteiger partial charge in [0.2, 0.25) is 5.91 Å². The molecule has 0 bridgehead atoms. The van der Waals surface area contributed by atoms with Gasteiger partial charge in [-0.05, 0) is 56.9 Å². The van der Waals surface area contributed by atoms with Crippen LogP contribution in [-0.2, 0) is 11.8 Å². The van der Waals surface area contributed by atoms with Gasteiger partial charge < -0.3 is 14.6 Å². The molecule has 1 amide bonds. The van der Waals surface area contributed by atoms with E-state index >= 15 is 0 Å². The van der Waals surface area contributed by atoms with E-state index in [1.54, 1.807) is 0 Å². The van der Waals surface area contributed by atoms with Crippen molar-refractivity contribution in [1.82, 2.24) is 20.1 Å². The van der Waals surface area contributed by atoms with Gasteiger partial charge in [0.1, 0.15) is 5.75 Å². The molecular weight excluding hydrogens is 360 g/mol. The highest BCUT2D eigenvalue weighted by Crippen LogP contribution is 2.25. The molecule has 0 saturated heterocycles. The van der Waals surface area contributed by atoms with Crippen molar-refractivity contribution in [2.75, 3.05) is 5.75 Å². The number of amides is 1. The summed E-state index contributed by atoms with van der Waals surface area (Å²) in [7, 11) is 1.91. The van der Waals surface area contributed by atoms with Gasteiger partial charge in [0.05, 0.1) is 5.75 Å². The van der Waals surface area contributed by atoms with Crippen LogP contribution in [0, 0.1) is 13.8 Å². The summed E-state index contributed by atoms with van der Waals surface area (Å²) in [6.07, 6.45) is 4.38. The number of thioether (sulfide) groups is 1. The molecule has 1 fully saturated rings. The first kappa shape index (κ1) is 19.7. The first-order valence-electron chi connectivity index (χ1n) is 9.49. The van der Waals surface area contributed by atoms with Gasteiger partial charge in [-0.25, -0.2) is 0 Å². The molecule has 3 rings (SSSR count). The largest absolute Gasteiger partial charge is 0.483 e. The molecular formula is C20H28N4O2S. The lowest BCUT2D eigenvalue weighted by atomic mass is 10.1. The lowest BCUT2D eigenvalue weighted by Crippen LogP contribution is -2.33. The van der Waals surface area contributed by atoms with Crippen LogP contribution in [0.1, 0.15) is 55.7 Å². The number of nitrogens with zero attached hydrogens (tertiary/aromatic N) is 3. The second kappa shape index (κ2) is 8.78. The first-order chi connectivity index (χ1) is 12.9. The lowest BCUT2D eigenvalue weighted by molar-refractivity contribution is -0.119. The summed E-state index contributed by atoms with van der Waals surface area (Å²) >= 11 is 1.41. The Balaban J connectivity index is 1.57. The van der Waals surface area contributed by atoms with Gasteiger partial charge >= 0.3 is 0 Å². The van der Waals surface area contributed by atoms with Crippen LogP contribution in [-0.4, -0.2) is 32.5 Å².